The first-order chi connectivity index (χ1) is 15.4. The van der Waals surface area contributed by atoms with Crippen LogP contribution in [0.3, 0.4) is 0 Å². The molecule has 3 aromatic rings. The molecule has 0 unspecified atom stereocenters. The lowest BCUT2D eigenvalue weighted by Crippen LogP contribution is -2.25. The molecule has 166 valence electrons. The molecule has 3 rings (SSSR count). The minimum absolute atomic E-state index is 0.134. The highest BCUT2D eigenvalue weighted by atomic mass is 35.5. The summed E-state index contributed by atoms with van der Waals surface area (Å²) in [5, 5.41) is 15.3. The van der Waals surface area contributed by atoms with Gasteiger partial charge in [-0.3, -0.25) is 9.59 Å². The average Bonchev–Trinajstić information content (AvgIpc) is 3.14. The van der Waals surface area contributed by atoms with E-state index in [9.17, 15) is 9.59 Å². The SMILES string of the molecule is C=CCn1c(CNC(=O)c2ccc(Cl)cc2Cl)nnc1SCC(=O)Nc1ccccc1C. The molecule has 2 aromatic carbocycles. The van der Waals surface area contributed by atoms with E-state index in [2.05, 4.69) is 27.4 Å². The van der Waals surface area contributed by atoms with Crippen molar-refractivity contribution in [2.45, 2.75) is 25.2 Å². The van der Waals surface area contributed by atoms with Crippen LogP contribution in [0.5, 0.6) is 0 Å². The summed E-state index contributed by atoms with van der Waals surface area (Å²) in [5.74, 6) is 0.192. The van der Waals surface area contributed by atoms with Crippen LogP contribution in [0.4, 0.5) is 5.69 Å². The van der Waals surface area contributed by atoms with Gasteiger partial charge < -0.3 is 15.2 Å². The maximum Gasteiger partial charge on any atom is 0.253 e. The molecule has 1 heterocycles. The number of aryl methyl sites for hydroxylation is 1. The van der Waals surface area contributed by atoms with Crippen LogP contribution >= 0.6 is 35.0 Å². The Hall–Kier alpha value is -2.81. The molecule has 0 aliphatic heterocycles. The summed E-state index contributed by atoms with van der Waals surface area (Å²) in [6.45, 7) is 6.26. The van der Waals surface area contributed by atoms with Gasteiger partial charge in [0.05, 0.1) is 22.9 Å². The van der Waals surface area contributed by atoms with Gasteiger partial charge >= 0.3 is 0 Å². The quantitative estimate of drug-likeness (QED) is 0.334. The second kappa shape index (κ2) is 11.2. The number of hydrogen-bond acceptors (Lipinski definition) is 5. The summed E-state index contributed by atoms with van der Waals surface area (Å²) in [4.78, 5) is 24.8. The van der Waals surface area contributed by atoms with E-state index in [1.54, 1.807) is 22.8 Å². The molecule has 2 N–H and O–H groups in total. The van der Waals surface area contributed by atoms with Gasteiger partial charge in [0.1, 0.15) is 0 Å². The Morgan fingerprint density at radius 1 is 1.19 bits per heavy atom. The number of allylic oxidation sites excluding steroid dienone is 1. The number of para-hydroxylation sites is 1. The minimum Gasteiger partial charge on any atom is -0.345 e. The molecule has 1 aromatic heterocycles. The Morgan fingerprint density at radius 3 is 2.69 bits per heavy atom. The van der Waals surface area contributed by atoms with Gasteiger partial charge in [-0.2, -0.15) is 0 Å². The van der Waals surface area contributed by atoms with Gasteiger partial charge in [0, 0.05) is 17.3 Å². The highest BCUT2D eigenvalue weighted by Crippen LogP contribution is 2.22. The second-order valence-electron chi connectivity index (χ2n) is 6.76. The summed E-state index contributed by atoms with van der Waals surface area (Å²) in [7, 11) is 0. The van der Waals surface area contributed by atoms with E-state index in [0.717, 1.165) is 11.3 Å². The van der Waals surface area contributed by atoms with Crippen LogP contribution < -0.4 is 10.6 Å². The average molecular weight is 490 g/mol. The Bertz CT molecular complexity index is 1150. The largest absolute Gasteiger partial charge is 0.345 e. The zero-order valence-corrected chi connectivity index (χ0v) is 19.6. The zero-order valence-electron chi connectivity index (χ0n) is 17.3. The number of aromatic nitrogens is 3. The second-order valence-corrected chi connectivity index (χ2v) is 8.54. The van der Waals surface area contributed by atoms with E-state index in [0.29, 0.717) is 28.1 Å². The summed E-state index contributed by atoms with van der Waals surface area (Å²) in [5.41, 5.74) is 2.07. The predicted octanol–water partition coefficient (Wildman–Crippen LogP) is 4.74. The minimum atomic E-state index is -0.355. The number of thioether (sulfide) groups is 1. The van der Waals surface area contributed by atoms with Crippen LogP contribution in [0.15, 0.2) is 60.3 Å². The smallest absolute Gasteiger partial charge is 0.253 e. The van der Waals surface area contributed by atoms with E-state index >= 15 is 0 Å². The number of amides is 2. The van der Waals surface area contributed by atoms with Crippen molar-refractivity contribution in [2.24, 2.45) is 0 Å². The third kappa shape index (κ3) is 6.12. The van der Waals surface area contributed by atoms with Gasteiger partial charge in [-0.1, -0.05) is 59.2 Å². The standard InChI is InChI=1S/C22H21Cl2N5O2S/c1-3-10-29-19(12-25-21(31)16-9-8-15(23)11-17(16)24)27-28-22(29)32-13-20(30)26-18-7-5-4-6-14(18)2/h3-9,11H,1,10,12-13H2,2H3,(H,25,31)(H,26,30). The molecule has 32 heavy (non-hydrogen) atoms. The van der Waals surface area contributed by atoms with Crippen molar-refractivity contribution in [3.8, 4) is 0 Å². The fourth-order valence-electron chi connectivity index (χ4n) is 2.83. The summed E-state index contributed by atoms with van der Waals surface area (Å²) in [6, 6.07) is 12.2. The number of hydrogen-bond donors (Lipinski definition) is 2. The molecule has 0 saturated heterocycles. The zero-order chi connectivity index (χ0) is 23.1. The fourth-order valence-corrected chi connectivity index (χ4v) is 4.09. The van der Waals surface area contributed by atoms with Crippen molar-refractivity contribution in [1.82, 2.24) is 20.1 Å². The molecular weight excluding hydrogens is 469 g/mol. The number of anilines is 1. The first kappa shape index (κ1) is 23.8. The first-order valence-electron chi connectivity index (χ1n) is 9.63. The number of nitrogens with zero attached hydrogens (tertiary/aromatic N) is 3. The first-order valence-corrected chi connectivity index (χ1v) is 11.4. The Kier molecular flexibility index (Phi) is 8.33. The predicted molar refractivity (Wildman–Crippen MR) is 128 cm³/mol. The van der Waals surface area contributed by atoms with Crippen LogP contribution in [-0.2, 0) is 17.9 Å². The van der Waals surface area contributed by atoms with Gasteiger partial charge in [-0.15, -0.1) is 16.8 Å². The normalized spacial score (nSPS) is 10.6. The molecular formula is C22H21Cl2N5O2S. The number of carbonyl (C=O) groups is 2. The van der Waals surface area contributed by atoms with Crippen molar-refractivity contribution >= 4 is 52.5 Å². The van der Waals surface area contributed by atoms with Crippen molar-refractivity contribution in [3.05, 3.63) is 82.1 Å². The van der Waals surface area contributed by atoms with E-state index < -0.39 is 0 Å². The van der Waals surface area contributed by atoms with E-state index in [-0.39, 0.29) is 29.1 Å². The topological polar surface area (TPSA) is 88.9 Å². The number of rotatable bonds is 9. The number of nitrogens with one attached hydrogen (secondary N) is 2. The Labute approximate surface area is 200 Å². The summed E-state index contributed by atoms with van der Waals surface area (Å²) in [6.07, 6.45) is 1.70. The maximum atomic E-state index is 12.5. The Morgan fingerprint density at radius 2 is 1.97 bits per heavy atom. The van der Waals surface area contributed by atoms with E-state index in [1.165, 1.54) is 17.8 Å². The number of carbonyl (C=O) groups excluding carboxylic acids is 2. The van der Waals surface area contributed by atoms with Crippen LogP contribution in [0, 0.1) is 6.92 Å². The molecule has 0 radical (unpaired) electrons. The van der Waals surface area contributed by atoms with Crippen LogP contribution in [-0.4, -0.2) is 32.3 Å². The summed E-state index contributed by atoms with van der Waals surface area (Å²) >= 11 is 13.2. The molecule has 7 nitrogen and oxygen atoms in total. The van der Waals surface area contributed by atoms with Gasteiger partial charge in [-0.25, -0.2) is 0 Å². The highest BCUT2D eigenvalue weighted by molar-refractivity contribution is 7.99. The van der Waals surface area contributed by atoms with Crippen LogP contribution in [0.25, 0.3) is 0 Å². The van der Waals surface area contributed by atoms with E-state index in [1.807, 2.05) is 31.2 Å². The third-order valence-electron chi connectivity index (χ3n) is 4.44. The lowest BCUT2D eigenvalue weighted by Gasteiger charge is -2.10. The fraction of sp³-hybridized carbons (Fsp3) is 0.182. The maximum absolute atomic E-state index is 12.5. The van der Waals surface area contributed by atoms with E-state index in [4.69, 9.17) is 23.2 Å². The molecule has 0 bridgehead atoms. The molecule has 0 spiro atoms. The lowest BCUT2D eigenvalue weighted by atomic mass is 10.2. The molecule has 0 fully saturated rings. The van der Waals surface area contributed by atoms with Crippen LogP contribution in [0.1, 0.15) is 21.7 Å². The van der Waals surface area contributed by atoms with Crippen molar-refractivity contribution in [1.29, 1.82) is 0 Å². The number of benzene rings is 2. The Balaban J connectivity index is 1.63. The van der Waals surface area contributed by atoms with Gasteiger partial charge in [0.2, 0.25) is 5.91 Å². The summed E-state index contributed by atoms with van der Waals surface area (Å²) < 4.78 is 1.79. The molecule has 0 aliphatic rings. The molecule has 0 aliphatic carbocycles. The van der Waals surface area contributed by atoms with Crippen LogP contribution in [0.2, 0.25) is 10.0 Å². The monoisotopic (exact) mass is 489 g/mol. The van der Waals surface area contributed by atoms with Gasteiger partial charge in [0.25, 0.3) is 5.91 Å². The molecule has 0 saturated carbocycles. The van der Waals surface area contributed by atoms with Crippen molar-refractivity contribution in [3.63, 3.8) is 0 Å². The van der Waals surface area contributed by atoms with Gasteiger partial charge in [-0.05, 0) is 36.8 Å². The molecule has 10 heteroatoms. The third-order valence-corrected chi connectivity index (χ3v) is 5.95. The van der Waals surface area contributed by atoms with Gasteiger partial charge in [0.15, 0.2) is 11.0 Å². The highest BCUT2D eigenvalue weighted by Gasteiger charge is 2.16. The molecule has 2 amide bonds. The molecule has 0 atom stereocenters. The van der Waals surface area contributed by atoms with Crippen molar-refractivity contribution in [2.75, 3.05) is 11.1 Å². The lowest BCUT2D eigenvalue weighted by molar-refractivity contribution is -0.113. The van der Waals surface area contributed by atoms with Crippen molar-refractivity contribution < 1.29 is 9.59 Å². The number of halogens is 2.